The summed E-state index contributed by atoms with van der Waals surface area (Å²) in [7, 11) is 0. The molecule has 1 unspecified atom stereocenters. The number of aliphatic carboxylic acids is 1. The van der Waals surface area contributed by atoms with Gasteiger partial charge in [0.2, 0.25) is 0 Å². The van der Waals surface area contributed by atoms with Crippen molar-refractivity contribution in [3.8, 4) is 0 Å². The van der Waals surface area contributed by atoms with Crippen molar-refractivity contribution in [3.05, 3.63) is 36.0 Å². The topological polar surface area (TPSA) is 62.2 Å². The number of pyridine rings is 1. The molecule has 1 aromatic heterocycles. The Morgan fingerprint density at radius 1 is 1.35 bits per heavy atom. The molecular formula is C16H20N2O2. The van der Waals surface area contributed by atoms with Crippen LogP contribution in [0.1, 0.15) is 26.0 Å². The second-order valence-electron chi connectivity index (χ2n) is 5.42. The number of nitrogens with one attached hydrogen (secondary N) is 1. The summed E-state index contributed by atoms with van der Waals surface area (Å²) in [6.45, 7) is 5.99. The summed E-state index contributed by atoms with van der Waals surface area (Å²) in [5.74, 6) is -0.551. The molecule has 0 spiro atoms. The zero-order valence-electron chi connectivity index (χ0n) is 12.1. The van der Waals surface area contributed by atoms with Gasteiger partial charge in [-0.25, -0.2) is 0 Å². The van der Waals surface area contributed by atoms with Crippen molar-refractivity contribution in [2.45, 2.75) is 33.2 Å². The molecule has 0 aliphatic carbocycles. The van der Waals surface area contributed by atoms with Crippen LogP contribution in [-0.4, -0.2) is 22.1 Å². The number of fused-ring (bicyclic) bond motifs is 1. The molecule has 2 N–H and O–H groups in total. The van der Waals surface area contributed by atoms with Crippen LogP contribution in [0.3, 0.4) is 0 Å². The van der Waals surface area contributed by atoms with E-state index >= 15 is 0 Å². The van der Waals surface area contributed by atoms with E-state index in [0.29, 0.717) is 0 Å². The lowest BCUT2D eigenvalue weighted by Crippen LogP contribution is -2.28. The molecule has 1 aromatic carbocycles. The first-order chi connectivity index (χ1) is 9.47. The lowest BCUT2D eigenvalue weighted by atomic mass is 10.00. The number of aromatic nitrogens is 1. The summed E-state index contributed by atoms with van der Waals surface area (Å²) < 4.78 is 0. The maximum atomic E-state index is 11.0. The van der Waals surface area contributed by atoms with Crippen LogP contribution < -0.4 is 5.32 Å². The predicted octanol–water partition coefficient (Wildman–Crippen LogP) is 3.45. The van der Waals surface area contributed by atoms with Crippen LogP contribution in [0.15, 0.2) is 30.3 Å². The Labute approximate surface area is 118 Å². The Kier molecular flexibility index (Phi) is 4.23. The number of hydrogen-bond acceptors (Lipinski definition) is 3. The van der Waals surface area contributed by atoms with Gasteiger partial charge in [0.05, 0.1) is 11.9 Å². The Hall–Kier alpha value is -2.10. The molecule has 20 heavy (non-hydrogen) atoms. The van der Waals surface area contributed by atoms with Gasteiger partial charge < -0.3 is 10.4 Å². The van der Waals surface area contributed by atoms with Gasteiger partial charge in [-0.3, -0.25) is 9.78 Å². The first kappa shape index (κ1) is 14.3. The first-order valence-electron chi connectivity index (χ1n) is 6.82. The number of rotatable bonds is 5. The first-order valence-corrected chi connectivity index (χ1v) is 6.82. The van der Waals surface area contributed by atoms with Crippen LogP contribution in [0, 0.1) is 12.8 Å². The molecule has 106 valence electrons. The molecule has 0 aliphatic heterocycles. The van der Waals surface area contributed by atoms with Gasteiger partial charge in [0, 0.05) is 22.8 Å². The highest BCUT2D eigenvalue weighted by atomic mass is 16.4. The van der Waals surface area contributed by atoms with Crippen molar-refractivity contribution in [1.82, 2.24) is 4.98 Å². The summed E-state index contributed by atoms with van der Waals surface area (Å²) in [5.41, 5.74) is 2.80. The van der Waals surface area contributed by atoms with Crippen LogP contribution in [0.4, 0.5) is 5.69 Å². The SMILES string of the molecule is Cc1cc(NC(CC(=O)O)C(C)C)c2ccccc2n1. The smallest absolute Gasteiger partial charge is 0.305 e. The molecule has 0 saturated heterocycles. The van der Waals surface area contributed by atoms with Crippen molar-refractivity contribution in [2.24, 2.45) is 5.92 Å². The molecule has 1 atom stereocenters. The second-order valence-corrected chi connectivity index (χ2v) is 5.42. The molecule has 0 fully saturated rings. The molecule has 0 radical (unpaired) electrons. The third-order valence-electron chi connectivity index (χ3n) is 3.38. The fourth-order valence-electron chi connectivity index (χ4n) is 2.27. The molecule has 1 heterocycles. The van der Waals surface area contributed by atoms with Crippen LogP contribution in [0.25, 0.3) is 10.9 Å². The van der Waals surface area contributed by atoms with E-state index in [2.05, 4.69) is 10.3 Å². The fraction of sp³-hybridized carbons (Fsp3) is 0.375. The van der Waals surface area contributed by atoms with E-state index in [1.807, 2.05) is 51.1 Å². The Morgan fingerprint density at radius 2 is 2.05 bits per heavy atom. The number of anilines is 1. The molecular weight excluding hydrogens is 252 g/mol. The maximum absolute atomic E-state index is 11.0. The zero-order valence-corrected chi connectivity index (χ0v) is 12.1. The fourth-order valence-corrected chi connectivity index (χ4v) is 2.27. The normalized spacial score (nSPS) is 12.6. The van der Waals surface area contributed by atoms with E-state index in [-0.39, 0.29) is 18.4 Å². The van der Waals surface area contributed by atoms with Gasteiger partial charge in [-0.05, 0) is 25.0 Å². The second kappa shape index (κ2) is 5.90. The molecule has 4 nitrogen and oxygen atoms in total. The molecule has 4 heteroatoms. The zero-order chi connectivity index (χ0) is 14.7. The minimum Gasteiger partial charge on any atom is -0.481 e. The lowest BCUT2D eigenvalue weighted by Gasteiger charge is -2.23. The number of carboxylic acid groups (broad SMARTS) is 1. The number of para-hydroxylation sites is 1. The third-order valence-corrected chi connectivity index (χ3v) is 3.38. The van der Waals surface area contributed by atoms with Crippen molar-refractivity contribution in [2.75, 3.05) is 5.32 Å². The van der Waals surface area contributed by atoms with Gasteiger partial charge in [0.15, 0.2) is 0 Å². The Balaban J connectivity index is 2.38. The van der Waals surface area contributed by atoms with E-state index in [1.54, 1.807) is 0 Å². The highest BCUT2D eigenvalue weighted by molar-refractivity contribution is 5.91. The number of carboxylic acids is 1. The third kappa shape index (κ3) is 3.26. The summed E-state index contributed by atoms with van der Waals surface area (Å²) in [6.07, 6.45) is 0.105. The molecule has 0 saturated carbocycles. The van der Waals surface area contributed by atoms with Crippen molar-refractivity contribution < 1.29 is 9.90 Å². The molecule has 0 aliphatic rings. The highest BCUT2D eigenvalue weighted by Gasteiger charge is 2.18. The molecule has 0 bridgehead atoms. The van der Waals surface area contributed by atoms with Crippen molar-refractivity contribution in [1.29, 1.82) is 0 Å². The van der Waals surface area contributed by atoms with Crippen LogP contribution in [0.5, 0.6) is 0 Å². The lowest BCUT2D eigenvalue weighted by molar-refractivity contribution is -0.137. The van der Waals surface area contributed by atoms with Gasteiger partial charge in [0.25, 0.3) is 0 Å². The summed E-state index contributed by atoms with van der Waals surface area (Å²) in [5, 5.41) is 13.4. The van der Waals surface area contributed by atoms with Crippen molar-refractivity contribution in [3.63, 3.8) is 0 Å². The van der Waals surface area contributed by atoms with Gasteiger partial charge in [-0.2, -0.15) is 0 Å². The summed E-state index contributed by atoms with van der Waals surface area (Å²) in [6, 6.07) is 9.76. The largest absolute Gasteiger partial charge is 0.481 e. The molecule has 2 rings (SSSR count). The Bertz CT molecular complexity index is 623. The maximum Gasteiger partial charge on any atom is 0.305 e. The van der Waals surface area contributed by atoms with E-state index in [9.17, 15) is 4.79 Å². The minimum atomic E-state index is -0.786. The van der Waals surface area contributed by atoms with Gasteiger partial charge in [0.1, 0.15) is 0 Å². The quantitative estimate of drug-likeness (QED) is 0.875. The summed E-state index contributed by atoms with van der Waals surface area (Å²) in [4.78, 5) is 15.5. The van der Waals surface area contributed by atoms with Crippen LogP contribution in [-0.2, 0) is 4.79 Å². The highest BCUT2D eigenvalue weighted by Crippen LogP contribution is 2.25. The number of aryl methyl sites for hydroxylation is 1. The summed E-state index contributed by atoms with van der Waals surface area (Å²) >= 11 is 0. The van der Waals surface area contributed by atoms with E-state index in [4.69, 9.17) is 5.11 Å². The molecule has 0 amide bonds. The van der Waals surface area contributed by atoms with Gasteiger partial charge in [-0.15, -0.1) is 0 Å². The number of carbonyl (C=O) groups is 1. The standard InChI is InChI=1S/C16H20N2O2/c1-10(2)14(9-16(19)20)18-15-8-11(3)17-13-7-5-4-6-12(13)15/h4-8,10,14H,9H2,1-3H3,(H,17,18)(H,19,20). The van der Waals surface area contributed by atoms with Gasteiger partial charge in [-0.1, -0.05) is 32.0 Å². The Morgan fingerprint density at radius 3 is 2.70 bits per heavy atom. The number of benzene rings is 1. The van der Waals surface area contributed by atoms with E-state index in [0.717, 1.165) is 22.3 Å². The number of hydrogen-bond donors (Lipinski definition) is 2. The van der Waals surface area contributed by atoms with E-state index < -0.39 is 5.97 Å². The number of nitrogens with zero attached hydrogens (tertiary/aromatic N) is 1. The minimum absolute atomic E-state index is 0.0993. The monoisotopic (exact) mass is 272 g/mol. The van der Waals surface area contributed by atoms with Crippen LogP contribution >= 0.6 is 0 Å². The average molecular weight is 272 g/mol. The van der Waals surface area contributed by atoms with Crippen molar-refractivity contribution >= 4 is 22.6 Å². The average Bonchev–Trinajstić information content (AvgIpc) is 2.37. The molecule has 2 aromatic rings. The van der Waals surface area contributed by atoms with Crippen LogP contribution in [0.2, 0.25) is 0 Å². The predicted molar refractivity (Wildman–Crippen MR) is 81.0 cm³/mol. The van der Waals surface area contributed by atoms with Gasteiger partial charge >= 0.3 is 5.97 Å². The van der Waals surface area contributed by atoms with E-state index in [1.165, 1.54) is 0 Å².